The lowest BCUT2D eigenvalue weighted by atomic mass is 9.91. The van der Waals surface area contributed by atoms with Gasteiger partial charge >= 0.3 is 6.09 Å². The van der Waals surface area contributed by atoms with Gasteiger partial charge in [0.25, 0.3) is 0 Å². The molecule has 7 heteroatoms. The van der Waals surface area contributed by atoms with Crippen molar-refractivity contribution in [3.05, 3.63) is 42.2 Å². The van der Waals surface area contributed by atoms with Gasteiger partial charge in [-0.15, -0.1) is 0 Å². The largest absolute Gasteiger partial charge is 0.465 e. The zero-order valence-electron chi connectivity index (χ0n) is 14.1. The molecular weight excluding hydrogens is 320 g/mol. The number of carboxylic acid groups (broad SMARTS) is 1. The van der Waals surface area contributed by atoms with Crippen molar-refractivity contribution in [1.29, 1.82) is 0 Å². The van der Waals surface area contributed by atoms with E-state index in [2.05, 4.69) is 15.6 Å². The number of benzene rings is 1. The highest BCUT2D eigenvalue weighted by molar-refractivity contribution is 5.86. The topological polar surface area (TPSA) is 94.6 Å². The van der Waals surface area contributed by atoms with Crippen molar-refractivity contribution in [2.45, 2.75) is 12.5 Å². The van der Waals surface area contributed by atoms with Gasteiger partial charge in [0.1, 0.15) is 6.54 Å². The van der Waals surface area contributed by atoms with Crippen molar-refractivity contribution >= 4 is 22.8 Å². The zero-order valence-corrected chi connectivity index (χ0v) is 14.1. The number of carbonyl (C=O) groups is 2. The Morgan fingerprint density at radius 2 is 2.20 bits per heavy atom. The van der Waals surface area contributed by atoms with E-state index in [0.717, 1.165) is 23.7 Å². The standard InChI is InChI=1S/C18H22N4O3/c1-19-15(23)11-22(18(24)25)17(13-6-8-20-10-13)16-14-5-3-2-4-12(14)7-9-21-16/h2-5,7,9,13,17,20H,6,8,10-11H2,1H3,(H,19,23)(H,24,25). The lowest BCUT2D eigenvalue weighted by Crippen LogP contribution is -2.44. The molecule has 2 amide bonds. The average molecular weight is 342 g/mol. The van der Waals surface area contributed by atoms with Gasteiger partial charge in [-0.05, 0) is 30.3 Å². The first-order valence-corrected chi connectivity index (χ1v) is 8.36. The molecule has 1 aromatic carbocycles. The predicted octanol–water partition coefficient (Wildman–Crippen LogP) is 1.61. The second kappa shape index (κ2) is 7.48. The van der Waals surface area contributed by atoms with Crippen LogP contribution in [0.25, 0.3) is 10.8 Å². The Labute approximate surface area is 146 Å². The van der Waals surface area contributed by atoms with Crippen molar-refractivity contribution in [1.82, 2.24) is 20.5 Å². The van der Waals surface area contributed by atoms with Crippen LogP contribution in [0.4, 0.5) is 4.79 Å². The maximum absolute atomic E-state index is 12.0. The molecule has 3 rings (SSSR count). The summed E-state index contributed by atoms with van der Waals surface area (Å²) < 4.78 is 0. The minimum Gasteiger partial charge on any atom is -0.465 e. The van der Waals surface area contributed by atoms with Crippen molar-refractivity contribution in [2.24, 2.45) is 5.92 Å². The molecule has 25 heavy (non-hydrogen) atoms. The van der Waals surface area contributed by atoms with E-state index in [1.54, 1.807) is 6.20 Å². The van der Waals surface area contributed by atoms with Gasteiger partial charge in [-0.1, -0.05) is 24.3 Å². The van der Waals surface area contributed by atoms with Crippen molar-refractivity contribution in [3.8, 4) is 0 Å². The maximum Gasteiger partial charge on any atom is 0.408 e. The van der Waals surface area contributed by atoms with Crippen LogP contribution in [-0.4, -0.2) is 53.7 Å². The second-order valence-electron chi connectivity index (χ2n) is 6.20. The molecule has 1 aliphatic rings. The molecule has 0 spiro atoms. The van der Waals surface area contributed by atoms with Crippen LogP contribution >= 0.6 is 0 Å². The number of likely N-dealkylation sites (N-methyl/N-ethyl adjacent to an activating group) is 1. The maximum atomic E-state index is 12.0. The van der Waals surface area contributed by atoms with E-state index in [9.17, 15) is 14.7 Å². The first-order valence-electron chi connectivity index (χ1n) is 8.36. The van der Waals surface area contributed by atoms with Crippen LogP contribution in [0.15, 0.2) is 36.5 Å². The number of hydrogen-bond donors (Lipinski definition) is 3. The highest BCUT2D eigenvalue weighted by Gasteiger charge is 2.36. The third kappa shape index (κ3) is 3.56. The number of aromatic nitrogens is 1. The van der Waals surface area contributed by atoms with E-state index >= 15 is 0 Å². The molecule has 0 bridgehead atoms. The summed E-state index contributed by atoms with van der Waals surface area (Å²) in [5.41, 5.74) is 0.707. The summed E-state index contributed by atoms with van der Waals surface area (Å²) in [6.45, 7) is 1.32. The van der Waals surface area contributed by atoms with E-state index in [4.69, 9.17) is 0 Å². The second-order valence-corrected chi connectivity index (χ2v) is 6.20. The van der Waals surface area contributed by atoms with E-state index in [-0.39, 0.29) is 18.4 Å². The van der Waals surface area contributed by atoms with E-state index in [1.165, 1.54) is 11.9 Å². The third-order valence-electron chi connectivity index (χ3n) is 4.70. The Balaban J connectivity index is 2.10. The van der Waals surface area contributed by atoms with Crippen LogP contribution in [0.3, 0.4) is 0 Å². The Hall–Kier alpha value is -2.67. The van der Waals surface area contributed by atoms with E-state index in [0.29, 0.717) is 12.2 Å². The molecule has 0 aliphatic carbocycles. The van der Waals surface area contributed by atoms with Crippen LogP contribution < -0.4 is 10.6 Å². The van der Waals surface area contributed by atoms with Crippen LogP contribution in [0.1, 0.15) is 18.2 Å². The van der Waals surface area contributed by atoms with Crippen LogP contribution in [0, 0.1) is 5.92 Å². The molecule has 1 fully saturated rings. The van der Waals surface area contributed by atoms with Crippen LogP contribution in [0.5, 0.6) is 0 Å². The van der Waals surface area contributed by atoms with E-state index < -0.39 is 12.1 Å². The van der Waals surface area contributed by atoms with Gasteiger partial charge in [0, 0.05) is 25.2 Å². The lowest BCUT2D eigenvalue weighted by Gasteiger charge is -2.33. The van der Waals surface area contributed by atoms with E-state index in [1.807, 2.05) is 30.3 Å². The van der Waals surface area contributed by atoms with Crippen LogP contribution in [0.2, 0.25) is 0 Å². The van der Waals surface area contributed by atoms with Gasteiger partial charge in [0.15, 0.2) is 0 Å². The number of fused-ring (bicyclic) bond motifs is 1. The van der Waals surface area contributed by atoms with Gasteiger partial charge in [0.2, 0.25) is 5.91 Å². The molecule has 3 N–H and O–H groups in total. The molecule has 2 unspecified atom stereocenters. The molecule has 7 nitrogen and oxygen atoms in total. The molecule has 0 saturated carbocycles. The van der Waals surface area contributed by atoms with Gasteiger partial charge in [-0.2, -0.15) is 0 Å². The molecule has 0 radical (unpaired) electrons. The zero-order chi connectivity index (χ0) is 17.8. The summed E-state index contributed by atoms with van der Waals surface area (Å²) in [6.07, 6.45) is 1.43. The molecular formula is C18H22N4O3. The summed E-state index contributed by atoms with van der Waals surface area (Å²) in [5.74, 6) is -0.266. The Kier molecular flexibility index (Phi) is 5.14. The molecule has 2 heterocycles. The first kappa shape index (κ1) is 17.2. The summed E-state index contributed by atoms with van der Waals surface area (Å²) in [7, 11) is 1.50. The number of pyridine rings is 1. The SMILES string of the molecule is CNC(=O)CN(C(=O)O)C(c1nccc2ccccc12)C1CCNC1. The highest BCUT2D eigenvalue weighted by atomic mass is 16.4. The third-order valence-corrected chi connectivity index (χ3v) is 4.70. The monoisotopic (exact) mass is 342 g/mol. The molecule has 1 aromatic heterocycles. The summed E-state index contributed by atoms with van der Waals surface area (Å²) in [5, 5.41) is 17.5. The number of carbonyl (C=O) groups excluding carboxylic acids is 1. The fourth-order valence-electron chi connectivity index (χ4n) is 3.47. The summed E-state index contributed by atoms with van der Waals surface area (Å²) in [4.78, 5) is 29.6. The average Bonchev–Trinajstić information content (AvgIpc) is 3.15. The van der Waals surface area contributed by atoms with Gasteiger partial charge in [-0.25, -0.2) is 4.79 Å². The molecule has 1 aliphatic heterocycles. The molecule has 2 atom stereocenters. The number of nitrogens with one attached hydrogen (secondary N) is 2. The minimum atomic E-state index is -1.12. The Bertz CT molecular complexity index is 769. The lowest BCUT2D eigenvalue weighted by molar-refractivity contribution is -0.122. The molecule has 132 valence electrons. The number of rotatable bonds is 5. The highest BCUT2D eigenvalue weighted by Crippen LogP contribution is 2.35. The van der Waals surface area contributed by atoms with Gasteiger partial charge in [0.05, 0.1) is 11.7 Å². The predicted molar refractivity (Wildman–Crippen MR) is 94.3 cm³/mol. The number of nitrogens with zero attached hydrogens (tertiary/aromatic N) is 2. The number of amides is 2. The minimum absolute atomic E-state index is 0.0686. The Morgan fingerprint density at radius 1 is 1.40 bits per heavy atom. The van der Waals surface area contributed by atoms with Crippen LogP contribution in [-0.2, 0) is 4.79 Å². The Morgan fingerprint density at radius 3 is 2.88 bits per heavy atom. The molecule has 1 saturated heterocycles. The van der Waals surface area contributed by atoms with Crippen molar-refractivity contribution in [3.63, 3.8) is 0 Å². The van der Waals surface area contributed by atoms with Gasteiger partial charge < -0.3 is 15.7 Å². The fourth-order valence-corrected chi connectivity index (χ4v) is 3.47. The summed E-state index contributed by atoms with van der Waals surface area (Å²) >= 11 is 0. The van der Waals surface area contributed by atoms with Crippen molar-refractivity contribution < 1.29 is 14.7 Å². The van der Waals surface area contributed by atoms with Gasteiger partial charge in [-0.3, -0.25) is 14.7 Å². The first-order chi connectivity index (χ1) is 12.1. The molecule has 2 aromatic rings. The fraction of sp³-hybridized carbons (Fsp3) is 0.389. The smallest absolute Gasteiger partial charge is 0.408 e. The summed E-state index contributed by atoms with van der Waals surface area (Å²) in [6, 6.07) is 9.23. The van der Waals surface area contributed by atoms with Crippen molar-refractivity contribution in [2.75, 3.05) is 26.7 Å². The number of hydrogen-bond acceptors (Lipinski definition) is 4. The quantitative estimate of drug-likeness (QED) is 0.767. The normalized spacial score (nSPS) is 18.0.